The number of halogens is 1. The normalized spacial score (nSPS) is 24.5. The fourth-order valence-electron chi connectivity index (χ4n) is 4.68. The van der Waals surface area contributed by atoms with E-state index in [1.165, 1.54) is 29.4 Å². The molecule has 1 amide bonds. The molecule has 2 aromatic carbocycles. The topological polar surface area (TPSA) is 58.7 Å². The van der Waals surface area contributed by atoms with Gasteiger partial charge in [0.2, 0.25) is 5.91 Å². The quantitative estimate of drug-likeness (QED) is 0.792. The van der Waals surface area contributed by atoms with Gasteiger partial charge in [0.15, 0.2) is 5.96 Å². The number of aryl methyl sites for hydroxylation is 1. The van der Waals surface area contributed by atoms with Crippen molar-refractivity contribution in [1.82, 2.24) is 4.90 Å². The fourth-order valence-corrected chi connectivity index (χ4v) is 4.68. The Morgan fingerprint density at radius 2 is 1.77 bits per heavy atom. The molecule has 2 aliphatic rings. The van der Waals surface area contributed by atoms with Crippen molar-refractivity contribution in [2.45, 2.75) is 57.4 Å². The van der Waals surface area contributed by atoms with Gasteiger partial charge in [0.1, 0.15) is 11.4 Å². The number of benzene rings is 2. The van der Waals surface area contributed by atoms with Crippen LogP contribution in [0.1, 0.15) is 56.7 Å². The molecule has 0 radical (unpaired) electrons. The highest BCUT2D eigenvalue weighted by molar-refractivity contribution is 6.01. The lowest BCUT2D eigenvalue weighted by atomic mass is 9.67. The maximum Gasteiger partial charge on any atom is 0.237 e. The van der Waals surface area contributed by atoms with Gasteiger partial charge in [-0.1, -0.05) is 42.5 Å². The number of nitrogens with zero attached hydrogens (tertiary/aromatic N) is 2. The summed E-state index contributed by atoms with van der Waals surface area (Å²) in [4.78, 5) is 18.9. The highest BCUT2D eigenvalue weighted by Gasteiger charge is 2.54. The number of carbonyl (C=O) groups is 1. The van der Waals surface area contributed by atoms with Crippen molar-refractivity contribution < 1.29 is 9.18 Å². The van der Waals surface area contributed by atoms with Crippen molar-refractivity contribution >= 4 is 11.9 Å². The lowest BCUT2D eigenvalue weighted by Gasteiger charge is -2.46. The minimum absolute atomic E-state index is 0.118. The van der Waals surface area contributed by atoms with Gasteiger partial charge in [0, 0.05) is 12.6 Å². The Kier molecular flexibility index (Phi) is 4.75. The average Bonchev–Trinajstić information content (AvgIpc) is 3.52. The summed E-state index contributed by atoms with van der Waals surface area (Å²) >= 11 is 0. The maximum absolute atomic E-state index is 15.0. The second-order valence-corrected chi connectivity index (χ2v) is 9.49. The molecule has 0 aromatic heterocycles. The molecule has 1 saturated carbocycles. The molecule has 0 spiro atoms. The number of rotatable bonds is 5. The van der Waals surface area contributed by atoms with Crippen LogP contribution in [0.4, 0.5) is 4.39 Å². The lowest BCUT2D eigenvalue weighted by molar-refractivity contribution is -0.140. The smallest absolute Gasteiger partial charge is 0.237 e. The first-order valence-electron chi connectivity index (χ1n) is 10.6. The Hall–Kier alpha value is -2.69. The molecule has 1 aliphatic carbocycles. The van der Waals surface area contributed by atoms with Gasteiger partial charge in [-0.25, -0.2) is 9.38 Å². The Bertz CT molecular complexity index is 1010. The number of carbonyl (C=O) groups excluding carboxylic acids is 1. The number of amides is 1. The third-order valence-electron chi connectivity index (χ3n) is 7.43. The van der Waals surface area contributed by atoms with Crippen LogP contribution < -0.4 is 5.73 Å². The van der Waals surface area contributed by atoms with E-state index in [-0.39, 0.29) is 23.1 Å². The minimum Gasteiger partial charge on any atom is -0.369 e. The highest BCUT2D eigenvalue weighted by Crippen LogP contribution is 2.52. The minimum atomic E-state index is -1.07. The van der Waals surface area contributed by atoms with Crippen LogP contribution in [0.3, 0.4) is 0 Å². The van der Waals surface area contributed by atoms with Gasteiger partial charge < -0.3 is 5.73 Å². The van der Waals surface area contributed by atoms with Gasteiger partial charge in [-0.15, -0.1) is 0 Å². The number of hydrogen-bond acceptors (Lipinski definition) is 3. The van der Waals surface area contributed by atoms with Crippen LogP contribution in [0, 0.1) is 11.2 Å². The van der Waals surface area contributed by atoms with E-state index >= 15 is 4.39 Å². The van der Waals surface area contributed by atoms with Crippen molar-refractivity contribution in [3.05, 3.63) is 71.0 Å². The number of hydrogen-bond donors (Lipinski definition) is 1. The molecule has 1 aliphatic heterocycles. The molecule has 1 fully saturated rings. The summed E-state index contributed by atoms with van der Waals surface area (Å²) in [5.74, 6) is -0.400. The molecular formula is C25H30FN3O. The first-order chi connectivity index (χ1) is 14.1. The van der Waals surface area contributed by atoms with E-state index in [0.717, 1.165) is 18.4 Å². The second kappa shape index (κ2) is 6.93. The van der Waals surface area contributed by atoms with E-state index in [9.17, 15) is 4.79 Å². The van der Waals surface area contributed by atoms with Gasteiger partial charge in [-0.05, 0) is 69.1 Å². The van der Waals surface area contributed by atoms with Crippen LogP contribution in [-0.2, 0) is 22.2 Å². The molecule has 2 N–H and O–H groups in total. The van der Waals surface area contributed by atoms with E-state index < -0.39 is 11.0 Å². The molecule has 1 heterocycles. The van der Waals surface area contributed by atoms with Crippen LogP contribution in [0.2, 0.25) is 0 Å². The molecule has 0 saturated heterocycles. The molecule has 4 nitrogen and oxygen atoms in total. The summed E-state index contributed by atoms with van der Waals surface area (Å²) in [6.07, 6.45) is 4.26. The van der Waals surface area contributed by atoms with Crippen molar-refractivity contribution in [2.75, 3.05) is 7.05 Å². The summed E-state index contributed by atoms with van der Waals surface area (Å²) in [5, 5.41) is 0. The monoisotopic (exact) mass is 407 g/mol. The van der Waals surface area contributed by atoms with Gasteiger partial charge in [-0.2, -0.15) is 0 Å². The van der Waals surface area contributed by atoms with Crippen LogP contribution >= 0.6 is 0 Å². The fraction of sp³-hybridized carbons (Fsp3) is 0.440. The largest absolute Gasteiger partial charge is 0.369 e. The van der Waals surface area contributed by atoms with Crippen LogP contribution in [0.5, 0.6) is 0 Å². The first kappa shape index (κ1) is 20.6. The summed E-state index contributed by atoms with van der Waals surface area (Å²) in [7, 11) is 1.61. The van der Waals surface area contributed by atoms with Crippen molar-refractivity contribution in [1.29, 1.82) is 0 Å². The van der Waals surface area contributed by atoms with Crippen molar-refractivity contribution in [3.8, 4) is 0 Å². The molecule has 0 bridgehead atoms. The summed E-state index contributed by atoms with van der Waals surface area (Å²) in [6, 6.07) is 15.9. The van der Waals surface area contributed by atoms with Gasteiger partial charge in [0.25, 0.3) is 0 Å². The summed E-state index contributed by atoms with van der Waals surface area (Å²) in [5.41, 5.74) is 7.13. The third-order valence-corrected chi connectivity index (χ3v) is 7.43. The van der Waals surface area contributed by atoms with E-state index in [4.69, 9.17) is 5.73 Å². The zero-order valence-corrected chi connectivity index (χ0v) is 18.2. The van der Waals surface area contributed by atoms with Crippen molar-refractivity contribution in [3.63, 3.8) is 0 Å². The van der Waals surface area contributed by atoms with Gasteiger partial charge in [-0.3, -0.25) is 9.69 Å². The van der Waals surface area contributed by atoms with Gasteiger partial charge in [0.05, 0.1) is 5.41 Å². The highest BCUT2D eigenvalue weighted by atomic mass is 19.1. The Morgan fingerprint density at radius 1 is 1.10 bits per heavy atom. The predicted molar refractivity (Wildman–Crippen MR) is 118 cm³/mol. The van der Waals surface area contributed by atoms with E-state index in [0.29, 0.717) is 5.56 Å². The molecule has 1 atom stereocenters. The maximum atomic E-state index is 15.0. The Morgan fingerprint density at radius 3 is 2.40 bits per heavy atom. The van der Waals surface area contributed by atoms with Gasteiger partial charge >= 0.3 is 0 Å². The molecule has 30 heavy (non-hydrogen) atoms. The SMILES string of the molecule is CN1C(=O)C(C)(C)[C@@](C)(c2cc(CCC3(c4ccccc4)CC3)ccc2F)N=C1N. The van der Waals surface area contributed by atoms with E-state index in [1.54, 1.807) is 14.0 Å². The molecule has 0 unspecified atom stereocenters. The standard InChI is InChI=1S/C25H30FN3O/c1-23(2)21(30)29(4)22(27)28-24(23,3)19-16-17(10-11-20(19)26)12-13-25(14-15-25)18-8-6-5-7-9-18/h5-11,16H,12-15H2,1-4H3,(H2,27,28)/t24-/m1/s1. The Labute approximate surface area is 178 Å². The van der Waals surface area contributed by atoms with Crippen LogP contribution in [0.25, 0.3) is 0 Å². The molecular weight excluding hydrogens is 377 g/mol. The third kappa shape index (κ3) is 3.11. The Balaban J connectivity index is 1.65. The predicted octanol–water partition coefficient (Wildman–Crippen LogP) is 4.52. The van der Waals surface area contributed by atoms with Crippen LogP contribution in [-0.4, -0.2) is 23.8 Å². The average molecular weight is 408 g/mol. The first-order valence-corrected chi connectivity index (χ1v) is 10.6. The zero-order chi connectivity index (χ0) is 21.7. The van der Waals surface area contributed by atoms with Crippen LogP contribution in [0.15, 0.2) is 53.5 Å². The lowest BCUT2D eigenvalue weighted by Crippen LogP contribution is -2.58. The number of aliphatic imine (C=N–C) groups is 1. The molecule has 158 valence electrons. The summed E-state index contributed by atoms with van der Waals surface area (Å²) < 4.78 is 15.0. The van der Waals surface area contributed by atoms with Crippen molar-refractivity contribution in [2.24, 2.45) is 16.1 Å². The zero-order valence-electron chi connectivity index (χ0n) is 18.2. The number of nitrogens with two attached hydrogens (primary N) is 1. The molecule has 2 aromatic rings. The molecule has 5 heteroatoms. The van der Waals surface area contributed by atoms with E-state index in [2.05, 4.69) is 29.3 Å². The second-order valence-electron chi connectivity index (χ2n) is 9.49. The number of guanidine groups is 1. The summed E-state index contributed by atoms with van der Waals surface area (Å²) in [6.45, 7) is 5.42. The van der Waals surface area contributed by atoms with E-state index in [1.807, 2.05) is 32.0 Å². The molecule has 4 rings (SSSR count).